The number of rotatable bonds is 6. The van der Waals surface area contributed by atoms with Gasteiger partial charge in [0, 0.05) is 32.4 Å². The first-order chi connectivity index (χ1) is 13.5. The summed E-state index contributed by atoms with van der Waals surface area (Å²) in [5, 5.41) is 15.5. The summed E-state index contributed by atoms with van der Waals surface area (Å²) in [6.07, 6.45) is 4.12. The van der Waals surface area contributed by atoms with Crippen molar-refractivity contribution in [3.63, 3.8) is 0 Å². The van der Waals surface area contributed by atoms with Crippen LogP contribution in [0.3, 0.4) is 0 Å². The van der Waals surface area contributed by atoms with Crippen LogP contribution < -0.4 is 10.6 Å². The van der Waals surface area contributed by atoms with Crippen LogP contribution in [0, 0.1) is 13.8 Å². The highest BCUT2D eigenvalue weighted by Crippen LogP contribution is 2.14. The van der Waals surface area contributed by atoms with E-state index in [0.717, 1.165) is 23.8 Å². The molecule has 0 radical (unpaired) electrons. The molecule has 0 amide bonds. The van der Waals surface area contributed by atoms with Gasteiger partial charge < -0.3 is 10.6 Å². The molecule has 2 heterocycles. The molecule has 0 aliphatic heterocycles. The molecule has 156 valence electrons. The molecule has 0 spiro atoms. The number of hydrogen-bond acceptors (Lipinski definition) is 4. The molecule has 9 heteroatoms. The SMILES string of the molecule is CN=C(NCc1ccc(-n2cncn2)cc1)NC(C)Cc1c(C)nn(C)c1C.I. The summed E-state index contributed by atoms with van der Waals surface area (Å²) in [5.41, 5.74) is 5.74. The molecular weight excluding hydrogens is 479 g/mol. The van der Waals surface area contributed by atoms with Crippen LogP contribution in [-0.2, 0) is 20.0 Å². The maximum atomic E-state index is 4.50. The van der Waals surface area contributed by atoms with Crippen molar-refractivity contribution >= 4 is 29.9 Å². The van der Waals surface area contributed by atoms with E-state index in [-0.39, 0.29) is 30.0 Å². The normalized spacial score (nSPS) is 12.4. The van der Waals surface area contributed by atoms with Gasteiger partial charge in [-0.3, -0.25) is 9.67 Å². The van der Waals surface area contributed by atoms with Crippen molar-refractivity contribution in [2.75, 3.05) is 7.05 Å². The highest BCUT2D eigenvalue weighted by atomic mass is 127. The van der Waals surface area contributed by atoms with Crippen molar-refractivity contribution in [3.8, 4) is 5.69 Å². The van der Waals surface area contributed by atoms with Gasteiger partial charge in [0.2, 0.25) is 0 Å². The van der Waals surface area contributed by atoms with Crippen LogP contribution in [0.2, 0.25) is 0 Å². The lowest BCUT2D eigenvalue weighted by molar-refractivity contribution is 0.635. The zero-order valence-electron chi connectivity index (χ0n) is 17.5. The van der Waals surface area contributed by atoms with E-state index in [9.17, 15) is 0 Å². The molecule has 1 aromatic carbocycles. The van der Waals surface area contributed by atoms with Crippen LogP contribution in [0.5, 0.6) is 0 Å². The predicted molar refractivity (Wildman–Crippen MR) is 126 cm³/mol. The fourth-order valence-electron chi connectivity index (χ4n) is 3.19. The maximum Gasteiger partial charge on any atom is 0.191 e. The van der Waals surface area contributed by atoms with Crippen molar-refractivity contribution in [2.45, 2.75) is 39.8 Å². The summed E-state index contributed by atoms with van der Waals surface area (Å²) >= 11 is 0. The zero-order chi connectivity index (χ0) is 20.1. The lowest BCUT2D eigenvalue weighted by Gasteiger charge is -2.18. The van der Waals surface area contributed by atoms with E-state index < -0.39 is 0 Å². The zero-order valence-corrected chi connectivity index (χ0v) is 19.9. The number of hydrogen-bond donors (Lipinski definition) is 2. The minimum atomic E-state index is 0. The molecule has 1 atom stereocenters. The van der Waals surface area contributed by atoms with Crippen LogP contribution in [0.25, 0.3) is 5.69 Å². The van der Waals surface area contributed by atoms with Gasteiger partial charge >= 0.3 is 0 Å². The fourth-order valence-corrected chi connectivity index (χ4v) is 3.19. The van der Waals surface area contributed by atoms with E-state index in [2.05, 4.69) is 63.7 Å². The summed E-state index contributed by atoms with van der Waals surface area (Å²) < 4.78 is 3.68. The largest absolute Gasteiger partial charge is 0.354 e. The summed E-state index contributed by atoms with van der Waals surface area (Å²) in [4.78, 5) is 8.32. The Morgan fingerprint density at radius 1 is 1.21 bits per heavy atom. The summed E-state index contributed by atoms with van der Waals surface area (Å²) in [6, 6.07) is 8.44. The number of halogens is 1. The average molecular weight is 508 g/mol. The summed E-state index contributed by atoms with van der Waals surface area (Å²) in [7, 11) is 3.77. The molecule has 29 heavy (non-hydrogen) atoms. The van der Waals surface area contributed by atoms with Crippen molar-refractivity contribution in [1.29, 1.82) is 0 Å². The first-order valence-corrected chi connectivity index (χ1v) is 9.38. The summed E-state index contributed by atoms with van der Waals surface area (Å²) in [6.45, 7) is 7.02. The smallest absolute Gasteiger partial charge is 0.191 e. The molecular formula is C20H29IN8. The summed E-state index contributed by atoms with van der Waals surface area (Å²) in [5.74, 6) is 0.784. The highest BCUT2D eigenvalue weighted by molar-refractivity contribution is 14.0. The molecule has 3 rings (SSSR count). The third-order valence-corrected chi connectivity index (χ3v) is 4.86. The van der Waals surface area contributed by atoms with Gasteiger partial charge in [-0.2, -0.15) is 10.2 Å². The monoisotopic (exact) mass is 508 g/mol. The van der Waals surface area contributed by atoms with Gasteiger partial charge in [-0.05, 0) is 50.5 Å². The Hall–Kier alpha value is -2.43. The van der Waals surface area contributed by atoms with Crippen LogP contribution in [0.1, 0.15) is 29.4 Å². The minimum Gasteiger partial charge on any atom is -0.354 e. The molecule has 0 fully saturated rings. The van der Waals surface area contributed by atoms with Crippen LogP contribution in [0.4, 0.5) is 0 Å². The lowest BCUT2D eigenvalue weighted by Crippen LogP contribution is -2.42. The molecule has 0 saturated heterocycles. The first-order valence-electron chi connectivity index (χ1n) is 9.38. The van der Waals surface area contributed by atoms with Gasteiger partial charge in [-0.15, -0.1) is 24.0 Å². The molecule has 8 nitrogen and oxygen atoms in total. The van der Waals surface area contributed by atoms with E-state index in [1.807, 2.05) is 23.9 Å². The molecule has 2 N–H and O–H groups in total. The van der Waals surface area contributed by atoms with Gasteiger partial charge in [-0.25, -0.2) is 9.67 Å². The Labute approximate surface area is 188 Å². The molecule has 0 bridgehead atoms. The van der Waals surface area contributed by atoms with Crippen LogP contribution in [0.15, 0.2) is 41.9 Å². The number of aliphatic imine (C=N–C) groups is 1. The maximum absolute atomic E-state index is 4.50. The van der Waals surface area contributed by atoms with Gasteiger partial charge in [0.1, 0.15) is 12.7 Å². The van der Waals surface area contributed by atoms with E-state index in [1.165, 1.54) is 23.1 Å². The first kappa shape index (κ1) is 22.9. The highest BCUT2D eigenvalue weighted by Gasteiger charge is 2.14. The predicted octanol–water partition coefficient (Wildman–Crippen LogP) is 2.53. The van der Waals surface area contributed by atoms with Gasteiger partial charge in [-0.1, -0.05) is 12.1 Å². The van der Waals surface area contributed by atoms with Crippen molar-refractivity contribution in [3.05, 3.63) is 59.4 Å². The number of aromatic nitrogens is 5. The molecule has 2 aromatic heterocycles. The van der Waals surface area contributed by atoms with Crippen molar-refractivity contribution in [1.82, 2.24) is 35.2 Å². The second kappa shape index (κ2) is 10.4. The Kier molecular flexibility index (Phi) is 8.18. The Morgan fingerprint density at radius 2 is 1.93 bits per heavy atom. The van der Waals surface area contributed by atoms with Crippen LogP contribution >= 0.6 is 24.0 Å². The van der Waals surface area contributed by atoms with E-state index >= 15 is 0 Å². The fraction of sp³-hybridized carbons (Fsp3) is 0.400. The second-order valence-electron chi connectivity index (χ2n) is 6.95. The van der Waals surface area contributed by atoms with Crippen molar-refractivity contribution in [2.24, 2.45) is 12.0 Å². The van der Waals surface area contributed by atoms with Gasteiger partial charge in [0.15, 0.2) is 5.96 Å². The third kappa shape index (κ3) is 5.78. The molecule has 3 aromatic rings. The lowest BCUT2D eigenvalue weighted by atomic mass is 10.1. The molecule has 0 aliphatic rings. The minimum absolute atomic E-state index is 0. The standard InChI is InChI=1S/C20H28N8.HI/c1-14(10-19-15(2)26-27(5)16(19)3)25-20(21-4)23-11-17-6-8-18(9-7-17)28-13-22-12-24-28;/h6-9,12-14H,10-11H2,1-5H3,(H2,21,23,25);1H. The molecule has 0 aliphatic carbocycles. The average Bonchev–Trinajstić information content (AvgIpc) is 3.30. The molecule has 0 saturated carbocycles. The van der Waals surface area contributed by atoms with E-state index in [0.29, 0.717) is 6.54 Å². The topological polar surface area (TPSA) is 84.9 Å². The van der Waals surface area contributed by atoms with Crippen LogP contribution in [-0.4, -0.2) is 43.6 Å². The Bertz CT molecular complexity index is 928. The van der Waals surface area contributed by atoms with E-state index in [1.54, 1.807) is 18.1 Å². The quantitative estimate of drug-likeness (QED) is 0.304. The number of nitrogens with zero attached hydrogens (tertiary/aromatic N) is 6. The van der Waals surface area contributed by atoms with Crippen molar-refractivity contribution < 1.29 is 0 Å². The Morgan fingerprint density at radius 3 is 2.48 bits per heavy atom. The number of benzene rings is 1. The molecule has 1 unspecified atom stereocenters. The second-order valence-corrected chi connectivity index (χ2v) is 6.95. The Balaban J connectivity index is 0.00000300. The van der Waals surface area contributed by atoms with Gasteiger partial charge in [0.25, 0.3) is 0 Å². The van der Waals surface area contributed by atoms with E-state index in [4.69, 9.17) is 0 Å². The number of nitrogens with one attached hydrogen (secondary N) is 2. The third-order valence-electron chi connectivity index (χ3n) is 4.86. The number of aryl methyl sites for hydroxylation is 2. The van der Waals surface area contributed by atoms with Gasteiger partial charge in [0.05, 0.1) is 11.4 Å². The number of guanidine groups is 1.